The van der Waals surface area contributed by atoms with E-state index in [-0.39, 0.29) is 0 Å². The van der Waals surface area contributed by atoms with Crippen molar-refractivity contribution in [2.45, 2.75) is 12.8 Å². The minimum atomic E-state index is -0.574. The summed E-state index contributed by atoms with van der Waals surface area (Å²) in [4.78, 5) is 12.1. The molecule has 0 aliphatic rings. The molecule has 1 aromatic rings. The maximum Gasteiger partial charge on any atom is 0.318 e. The molecule has 1 atom stereocenters. The fourth-order valence-electron chi connectivity index (χ4n) is 1.35. The van der Waals surface area contributed by atoms with E-state index in [1.165, 1.54) is 7.11 Å². The van der Waals surface area contributed by atoms with Gasteiger partial charge in [0.15, 0.2) is 0 Å². The van der Waals surface area contributed by atoms with Crippen LogP contribution in [0.25, 0.3) is 0 Å². The molecule has 0 spiro atoms. The molecule has 2 nitrogen and oxygen atoms in total. The molecular formula is C11H10Cl2O2S. The average Bonchev–Trinajstić information content (AvgIpc) is 2.22. The van der Waals surface area contributed by atoms with Gasteiger partial charge in [-0.15, -0.1) is 0 Å². The van der Waals surface area contributed by atoms with Gasteiger partial charge >= 0.3 is 5.97 Å². The van der Waals surface area contributed by atoms with Crippen molar-refractivity contribution < 1.29 is 9.53 Å². The Kier molecular flexibility index (Phi) is 4.71. The van der Waals surface area contributed by atoms with Crippen molar-refractivity contribution in [3.05, 3.63) is 33.8 Å². The predicted molar refractivity (Wildman–Crippen MR) is 69.5 cm³/mol. The molecule has 5 heteroatoms. The molecule has 0 bridgehead atoms. The molecule has 0 fully saturated rings. The SMILES string of the molecule is COC(=O)C(C(C)=S)c1ccc(Cl)c(Cl)c1. The van der Waals surface area contributed by atoms with Crippen molar-refractivity contribution in [3.63, 3.8) is 0 Å². The molecule has 1 rings (SSSR count). The van der Waals surface area contributed by atoms with E-state index in [0.29, 0.717) is 20.5 Å². The largest absolute Gasteiger partial charge is 0.468 e. The number of rotatable bonds is 3. The van der Waals surface area contributed by atoms with Crippen LogP contribution < -0.4 is 0 Å². The molecular weight excluding hydrogens is 267 g/mol. The number of methoxy groups -OCH3 is 1. The Balaban J connectivity index is 3.16. The maximum absolute atomic E-state index is 11.6. The van der Waals surface area contributed by atoms with Crippen LogP contribution in [-0.4, -0.2) is 17.9 Å². The van der Waals surface area contributed by atoms with E-state index < -0.39 is 11.9 Å². The van der Waals surface area contributed by atoms with Crippen LogP contribution in [0.3, 0.4) is 0 Å². The molecule has 0 amide bonds. The van der Waals surface area contributed by atoms with E-state index >= 15 is 0 Å². The van der Waals surface area contributed by atoms with E-state index in [2.05, 4.69) is 0 Å². The third-order valence-corrected chi connectivity index (χ3v) is 3.10. The highest BCUT2D eigenvalue weighted by Crippen LogP contribution is 2.28. The van der Waals surface area contributed by atoms with Crippen molar-refractivity contribution in [2.24, 2.45) is 0 Å². The maximum atomic E-state index is 11.6. The van der Waals surface area contributed by atoms with Gasteiger partial charge in [-0.25, -0.2) is 0 Å². The zero-order valence-corrected chi connectivity index (χ0v) is 11.1. The van der Waals surface area contributed by atoms with Crippen molar-refractivity contribution in [3.8, 4) is 0 Å². The number of ether oxygens (including phenoxy) is 1. The molecule has 0 saturated carbocycles. The molecule has 0 heterocycles. The van der Waals surface area contributed by atoms with E-state index in [1.54, 1.807) is 25.1 Å². The van der Waals surface area contributed by atoms with Crippen LogP contribution in [0, 0.1) is 0 Å². The van der Waals surface area contributed by atoms with E-state index in [1.807, 2.05) is 0 Å². The van der Waals surface area contributed by atoms with E-state index in [9.17, 15) is 4.79 Å². The predicted octanol–water partition coefficient (Wildman–Crippen LogP) is 3.64. The van der Waals surface area contributed by atoms with Gasteiger partial charge in [0.2, 0.25) is 0 Å². The number of thiocarbonyl (C=S) groups is 1. The zero-order chi connectivity index (χ0) is 12.3. The summed E-state index contributed by atoms with van der Waals surface area (Å²) in [6, 6.07) is 4.97. The Morgan fingerprint density at radius 3 is 2.44 bits per heavy atom. The summed E-state index contributed by atoms with van der Waals surface area (Å²) in [5, 5.41) is 0.834. The van der Waals surface area contributed by atoms with Gasteiger partial charge in [0.1, 0.15) is 5.92 Å². The molecule has 1 aromatic carbocycles. The van der Waals surface area contributed by atoms with Gasteiger partial charge in [-0.05, 0) is 24.6 Å². The first-order valence-corrected chi connectivity index (χ1v) is 5.67. The first-order chi connectivity index (χ1) is 7.47. The highest BCUT2D eigenvalue weighted by atomic mass is 35.5. The summed E-state index contributed by atoms with van der Waals surface area (Å²) in [6.45, 7) is 1.69. The van der Waals surface area contributed by atoms with Crippen LogP contribution in [0.1, 0.15) is 18.4 Å². The second-order valence-corrected chi connectivity index (χ2v) is 4.70. The standard InChI is InChI=1S/C11H10Cl2O2S/c1-6(16)10(11(14)15-2)7-3-4-8(12)9(13)5-7/h3-5,10H,1-2H3. The van der Waals surface area contributed by atoms with Crippen LogP contribution in [0.15, 0.2) is 18.2 Å². The van der Waals surface area contributed by atoms with Crippen molar-refractivity contribution in [1.82, 2.24) is 0 Å². The number of halogens is 2. The number of benzene rings is 1. The summed E-state index contributed by atoms with van der Waals surface area (Å²) in [5.74, 6) is -0.972. The van der Waals surface area contributed by atoms with E-state index in [4.69, 9.17) is 40.2 Å². The summed E-state index contributed by atoms with van der Waals surface area (Å²) >= 11 is 16.7. The number of carbonyl (C=O) groups excluding carboxylic acids is 1. The van der Waals surface area contributed by atoms with Crippen LogP contribution in [-0.2, 0) is 9.53 Å². The zero-order valence-electron chi connectivity index (χ0n) is 8.79. The van der Waals surface area contributed by atoms with Gasteiger partial charge in [-0.2, -0.15) is 0 Å². The Labute approximate surface area is 109 Å². The summed E-state index contributed by atoms with van der Waals surface area (Å²) in [6.07, 6.45) is 0. The van der Waals surface area contributed by atoms with Gasteiger partial charge < -0.3 is 4.74 Å². The second kappa shape index (κ2) is 5.62. The minimum absolute atomic E-state index is 0.393. The molecule has 0 radical (unpaired) electrons. The molecule has 0 saturated heterocycles. The smallest absolute Gasteiger partial charge is 0.318 e. The second-order valence-electron chi connectivity index (χ2n) is 3.24. The van der Waals surface area contributed by atoms with Gasteiger partial charge in [0.05, 0.1) is 17.2 Å². The van der Waals surface area contributed by atoms with Crippen LogP contribution in [0.4, 0.5) is 0 Å². The molecule has 16 heavy (non-hydrogen) atoms. The molecule has 0 aliphatic heterocycles. The molecule has 0 aliphatic carbocycles. The van der Waals surface area contributed by atoms with Crippen LogP contribution in [0.2, 0.25) is 10.0 Å². The van der Waals surface area contributed by atoms with Crippen molar-refractivity contribution in [2.75, 3.05) is 7.11 Å². The van der Waals surface area contributed by atoms with Gasteiger partial charge in [0.25, 0.3) is 0 Å². The summed E-state index contributed by atoms with van der Waals surface area (Å²) in [5.41, 5.74) is 0.689. The minimum Gasteiger partial charge on any atom is -0.468 e. The number of carbonyl (C=O) groups is 1. The fraction of sp³-hybridized carbons (Fsp3) is 0.273. The van der Waals surface area contributed by atoms with Crippen LogP contribution >= 0.6 is 35.4 Å². The Morgan fingerprint density at radius 1 is 1.38 bits per heavy atom. The lowest BCUT2D eigenvalue weighted by Crippen LogP contribution is -2.19. The topological polar surface area (TPSA) is 26.3 Å². The molecule has 0 N–H and O–H groups in total. The number of hydrogen-bond acceptors (Lipinski definition) is 3. The van der Waals surface area contributed by atoms with Gasteiger partial charge in [0, 0.05) is 4.86 Å². The lowest BCUT2D eigenvalue weighted by Gasteiger charge is -2.14. The third-order valence-electron chi connectivity index (χ3n) is 2.12. The normalized spacial score (nSPS) is 12.0. The molecule has 86 valence electrons. The van der Waals surface area contributed by atoms with Gasteiger partial charge in [-0.3, -0.25) is 4.79 Å². The average molecular weight is 277 g/mol. The summed E-state index contributed by atoms with van der Waals surface area (Å²) < 4.78 is 4.70. The number of esters is 1. The van der Waals surface area contributed by atoms with Crippen molar-refractivity contribution in [1.29, 1.82) is 0 Å². The Hall–Kier alpha value is -0.640. The first-order valence-electron chi connectivity index (χ1n) is 4.50. The Morgan fingerprint density at radius 2 is 2.00 bits per heavy atom. The van der Waals surface area contributed by atoms with E-state index in [0.717, 1.165) is 0 Å². The summed E-state index contributed by atoms with van der Waals surface area (Å²) in [7, 11) is 1.32. The molecule has 1 unspecified atom stereocenters. The number of hydrogen-bond donors (Lipinski definition) is 0. The lowest BCUT2D eigenvalue weighted by atomic mass is 9.96. The Bertz CT molecular complexity index is 432. The quantitative estimate of drug-likeness (QED) is 0.623. The molecule has 0 aromatic heterocycles. The highest BCUT2D eigenvalue weighted by molar-refractivity contribution is 7.80. The lowest BCUT2D eigenvalue weighted by molar-refractivity contribution is -0.140. The monoisotopic (exact) mass is 276 g/mol. The van der Waals surface area contributed by atoms with Crippen molar-refractivity contribution >= 4 is 46.3 Å². The first kappa shape index (κ1) is 13.4. The van der Waals surface area contributed by atoms with Gasteiger partial charge in [-0.1, -0.05) is 41.5 Å². The fourth-order valence-corrected chi connectivity index (χ4v) is 1.89. The van der Waals surface area contributed by atoms with Crippen LogP contribution in [0.5, 0.6) is 0 Å². The third kappa shape index (κ3) is 2.94. The highest BCUT2D eigenvalue weighted by Gasteiger charge is 2.23.